The van der Waals surface area contributed by atoms with Gasteiger partial charge in [0.1, 0.15) is 13.4 Å². The lowest BCUT2D eigenvalue weighted by Crippen LogP contribution is -2.59. The quantitative estimate of drug-likeness (QED) is 0.397. The number of aliphatic hydroxyl groups excluding tert-OH is 1. The molecule has 3 saturated carbocycles. The number of carbonyl (C=O) groups is 4. The zero-order chi connectivity index (χ0) is 28.0. The number of aliphatic hydroxyl groups is 1. The summed E-state index contributed by atoms with van der Waals surface area (Å²) in [6, 6.07) is 0. The van der Waals surface area contributed by atoms with Crippen LogP contribution in [-0.4, -0.2) is 47.4 Å². The molecule has 0 aromatic heterocycles. The molecule has 9 atom stereocenters. The summed E-state index contributed by atoms with van der Waals surface area (Å²) in [6.07, 6.45) is 11.5. The fourth-order valence-electron chi connectivity index (χ4n) is 8.38. The molecular formula is C30H46O7. The summed E-state index contributed by atoms with van der Waals surface area (Å²) in [5.74, 6) is 1.06. The van der Waals surface area contributed by atoms with Gasteiger partial charge in [-0.2, -0.15) is 0 Å². The Morgan fingerprint density at radius 3 is 2.38 bits per heavy atom. The second-order valence-corrected chi connectivity index (χ2v) is 11.8. The van der Waals surface area contributed by atoms with Gasteiger partial charge in [0, 0.05) is 24.7 Å². The molecule has 4 aliphatic carbocycles. The Morgan fingerprint density at radius 1 is 1.14 bits per heavy atom. The van der Waals surface area contributed by atoms with E-state index in [0.29, 0.717) is 30.1 Å². The number of ether oxygens (including phenoxy) is 1. The molecule has 0 aromatic carbocycles. The minimum absolute atomic E-state index is 0.0302. The van der Waals surface area contributed by atoms with Crippen LogP contribution in [0.1, 0.15) is 86.0 Å². The molecule has 0 radical (unpaired) electrons. The van der Waals surface area contributed by atoms with Gasteiger partial charge in [-0.1, -0.05) is 27.7 Å². The van der Waals surface area contributed by atoms with E-state index >= 15 is 0 Å². The maximum absolute atomic E-state index is 12.9. The lowest BCUT2D eigenvalue weighted by Gasteiger charge is -2.61. The highest BCUT2D eigenvalue weighted by molar-refractivity contribution is 5.85. The molecule has 4 aliphatic rings. The van der Waals surface area contributed by atoms with Gasteiger partial charge in [-0.15, -0.1) is 5.73 Å². The minimum atomic E-state index is -0.745. The molecule has 2 N–H and O–H groups in total. The molecule has 4 rings (SSSR count). The largest absolute Gasteiger partial charge is 0.481 e. The highest BCUT2D eigenvalue weighted by Crippen LogP contribution is 2.67. The van der Waals surface area contributed by atoms with Crippen molar-refractivity contribution in [3.8, 4) is 0 Å². The molecule has 7 heteroatoms. The van der Waals surface area contributed by atoms with Gasteiger partial charge in [0.25, 0.3) is 0 Å². The van der Waals surface area contributed by atoms with Crippen LogP contribution in [0.4, 0.5) is 0 Å². The average Bonchev–Trinajstić information content (AvgIpc) is 3.17. The van der Waals surface area contributed by atoms with E-state index in [0.717, 1.165) is 25.7 Å². The zero-order valence-electron chi connectivity index (χ0n) is 23.2. The highest BCUT2D eigenvalue weighted by atomic mass is 16.5. The Hall–Kier alpha value is -2.24. The molecule has 0 aromatic rings. The molecule has 0 amide bonds. The number of esters is 1. The van der Waals surface area contributed by atoms with E-state index in [1.165, 1.54) is 19.8 Å². The number of carbonyl (C=O) groups excluding carboxylic acids is 3. The molecule has 0 saturated heterocycles. The molecule has 37 heavy (non-hydrogen) atoms. The number of hydrogen-bond acceptors (Lipinski definition) is 6. The predicted octanol–water partition coefficient (Wildman–Crippen LogP) is 5.00. The van der Waals surface area contributed by atoms with E-state index < -0.39 is 18.0 Å². The normalized spacial score (nSPS) is 39.6. The molecular weight excluding hydrogens is 472 g/mol. The number of carboxylic acid groups (broad SMARTS) is 1. The predicted molar refractivity (Wildman–Crippen MR) is 140 cm³/mol. The third kappa shape index (κ3) is 6.43. The second-order valence-electron chi connectivity index (χ2n) is 11.8. The van der Waals surface area contributed by atoms with Gasteiger partial charge in [0.2, 0.25) is 0 Å². The first kappa shape index (κ1) is 31.0. The van der Waals surface area contributed by atoms with Crippen LogP contribution in [0.3, 0.4) is 0 Å². The number of aliphatic carboxylic acids is 1. The Morgan fingerprint density at radius 2 is 1.78 bits per heavy atom. The highest BCUT2D eigenvalue weighted by Gasteiger charge is 2.64. The molecule has 0 bridgehead atoms. The van der Waals surface area contributed by atoms with E-state index in [1.807, 2.05) is 6.79 Å². The lowest BCUT2D eigenvalue weighted by atomic mass is 9.44. The van der Waals surface area contributed by atoms with Crippen molar-refractivity contribution < 1.29 is 34.1 Å². The third-order valence-corrected chi connectivity index (χ3v) is 9.78. The maximum Gasteiger partial charge on any atom is 0.303 e. The summed E-state index contributed by atoms with van der Waals surface area (Å²) in [7, 11) is 0. The zero-order valence-corrected chi connectivity index (χ0v) is 23.2. The maximum atomic E-state index is 12.9. The van der Waals surface area contributed by atoms with E-state index in [4.69, 9.17) is 14.6 Å². The van der Waals surface area contributed by atoms with Crippen molar-refractivity contribution in [2.24, 2.45) is 46.3 Å². The summed E-state index contributed by atoms with van der Waals surface area (Å²) in [5, 5.41) is 19.3. The van der Waals surface area contributed by atoms with Crippen molar-refractivity contribution in [3.05, 3.63) is 17.9 Å². The SMILES string of the molecule is C=O.CC(=O)OCC(=O)C1CC[C@H]2C3C[C@H](C)C4CCCC=C=CC4(C)[C@H]3C(O)CC12C.CCC(=O)O. The van der Waals surface area contributed by atoms with Crippen molar-refractivity contribution in [2.45, 2.75) is 92.1 Å². The Labute approximate surface area is 221 Å². The summed E-state index contributed by atoms with van der Waals surface area (Å²) in [5.41, 5.74) is 3.21. The van der Waals surface area contributed by atoms with Crippen LogP contribution < -0.4 is 0 Å². The van der Waals surface area contributed by atoms with Crippen molar-refractivity contribution in [1.29, 1.82) is 0 Å². The van der Waals surface area contributed by atoms with Gasteiger partial charge in [0.15, 0.2) is 5.78 Å². The van der Waals surface area contributed by atoms with E-state index in [-0.39, 0.29) is 41.5 Å². The number of Topliss-reactive ketones (excluding diaryl/α,β-unsaturated/α-hetero) is 1. The van der Waals surface area contributed by atoms with Crippen LogP contribution in [-0.2, 0) is 23.9 Å². The third-order valence-electron chi connectivity index (χ3n) is 9.78. The fraction of sp³-hybridized carbons (Fsp3) is 0.767. The molecule has 208 valence electrons. The van der Waals surface area contributed by atoms with Crippen LogP contribution in [0.25, 0.3) is 0 Å². The molecule has 3 fully saturated rings. The van der Waals surface area contributed by atoms with E-state index in [9.17, 15) is 19.5 Å². The fourth-order valence-corrected chi connectivity index (χ4v) is 8.38. The Balaban J connectivity index is 0.000000617. The van der Waals surface area contributed by atoms with Gasteiger partial charge < -0.3 is 19.7 Å². The van der Waals surface area contributed by atoms with Gasteiger partial charge in [-0.05, 0) is 92.1 Å². The first-order valence-corrected chi connectivity index (χ1v) is 13.7. The van der Waals surface area contributed by atoms with Gasteiger partial charge >= 0.3 is 11.9 Å². The topological polar surface area (TPSA) is 118 Å². The van der Waals surface area contributed by atoms with Crippen molar-refractivity contribution in [2.75, 3.05) is 6.61 Å². The Bertz CT molecular complexity index is 890. The number of fused-ring (bicyclic) bond motifs is 5. The molecule has 7 nitrogen and oxygen atoms in total. The number of hydrogen-bond donors (Lipinski definition) is 2. The summed E-state index contributed by atoms with van der Waals surface area (Å²) >= 11 is 0. The van der Waals surface area contributed by atoms with Crippen molar-refractivity contribution >= 4 is 24.5 Å². The molecule has 0 heterocycles. The van der Waals surface area contributed by atoms with Crippen LogP contribution >= 0.6 is 0 Å². The first-order chi connectivity index (χ1) is 17.5. The average molecular weight is 519 g/mol. The van der Waals surface area contributed by atoms with Gasteiger partial charge in [-0.3, -0.25) is 14.4 Å². The summed E-state index contributed by atoms with van der Waals surface area (Å²) < 4.78 is 5.04. The van der Waals surface area contributed by atoms with E-state index in [1.54, 1.807) is 6.92 Å². The lowest BCUT2D eigenvalue weighted by molar-refractivity contribution is -0.165. The van der Waals surface area contributed by atoms with Gasteiger partial charge in [0.05, 0.1) is 6.10 Å². The number of carboxylic acids is 1. The first-order valence-electron chi connectivity index (χ1n) is 13.7. The Kier molecular flexibility index (Phi) is 10.9. The smallest absolute Gasteiger partial charge is 0.303 e. The van der Waals surface area contributed by atoms with Crippen molar-refractivity contribution in [3.63, 3.8) is 0 Å². The number of rotatable bonds is 4. The second kappa shape index (κ2) is 13.0. The van der Waals surface area contributed by atoms with E-state index in [2.05, 4.69) is 38.7 Å². The molecule has 0 aliphatic heterocycles. The van der Waals surface area contributed by atoms with Gasteiger partial charge in [-0.25, -0.2) is 0 Å². The summed E-state index contributed by atoms with van der Waals surface area (Å²) in [6.45, 7) is 11.8. The number of ketones is 1. The summed E-state index contributed by atoms with van der Waals surface area (Å²) in [4.78, 5) is 41.5. The number of allylic oxidation sites excluding steroid dienone is 1. The molecule has 6 unspecified atom stereocenters. The minimum Gasteiger partial charge on any atom is -0.481 e. The van der Waals surface area contributed by atoms with Crippen LogP contribution in [0.15, 0.2) is 17.9 Å². The standard InChI is InChI=1S/C26H38O4.C3H6O2.CH2O/c1-16-13-18-20-10-11-21(23(29)15-30-17(2)27)26(20,4)14-22(28)24(18)25(3)12-8-6-5-7-9-19(16)25;1-2-3(4)5;1-2/h6,12,16,18-22,24,28H,5,7,9-11,13-15H2,1-4H3;2H2,1H3,(H,4,5);1H2/t8?,16-,18?,19?,20-,21?,22?,24+,25?,26?;;/m0../s1. The van der Waals surface area contributed by atoms with Crippen LogP contribution in [0.2, 0.25) is 0 Å². The van der Waals surface area contributed by atoms with Crippen molar-refractivity contribution in [1.82, 2.24) is 0 Å². The van der Waals surface area contributed by atoms with Crippen LogP contribution in [0, 0.1) is 46.3 Å². The van der Waals surface area contributed by atoms with Crippen LogP contribution in [0.5, 0.6) is 0 Å². The monoisotopic (exact) mass is 518 g/mol. The molecule has 0 spiro atoms.